The number of carbonyl (C=O) groups excluding carboxylic acids is 1. The second-order valence-electron chi connectivity index (χ2n) is 8.54. The molecule has 5 rings (SSSR count). The molecule has 0 N–H and O–H groups in total. The van der Waals surface area contributed by atoms with Crippen molar-refractivity contribution in [3.8, 4) is 11.5 Å². The van der Waals surface area contributed by atoms with Crippen LogP contribution < -0.4 is 14.9 Å². The minimum atomic E-state index is -0.254. The van der Waals surface area contributed by atoms with E-state index in [0.29, 0.717) is 29.9 Å². The number of fused-ring (bicyclic) bond motifs is 2. The molecule has 1 aromatic carbocycles. The highest BCUT2D eigenvalue weighted by atomic mass is 16.7. The maximum atomic E-state index is 13.8. The number of hydrogen-bond acceptors (Lipinski definition) is 5. The summed E-state index contributed by atoms with van der Waals surface area (Å²) in [5, 5.41) is 0.484. The molecule has 0 radical (unpaired) electrons. The van der Waals surface area contributed by atoms with Crippen LogP contribution in [-0.2, 0) is 13.1 Å². The molecule has 0 spiro atoms. The first-order valence-electron chi connectivity index (χ1n) is 11.3. The summed E-state index contributed by atoms with van der Waals surface area (Å²) in [5.41, 5.74) is 2.38. The van der Waals surface area contributed by atoms with Crippen molar-refractivity contribution < 1.29 is 14.3 Å². The van der Waals surface area contributed by atoms with Crippen LogP contribution in [0.4, 0.5) is 0 Å². The number of ether oxygens (including phenoxy) is 2. The number of aryl methyl sites for hydroxylation is 2. The summed E-state index contributed by atoms with van der Waals surface area (Å²) < 4.78 is 12.8. The van der Waals surface area contributed by atoms with E-state index in [-0.39, 0.29) is 29.7 Å². The molecule has 3 aromatic rings. The van der Waals surface area contributed by atoms with Crippen molar-refractivity contribution in [3.05, 3.63) is 63.6 Å². The molecule has 0 atom stereocenters. The van der Waals surface area contributed by atoms with Gasteiger partial charge in [0.05, 0.1) is 5.39 Å². The summed E-state index contributed by atoms with van der Waals surface area (Å²) in [6, 6.07) is 9.48. The number of pyridine rings is 2. The quantitative estimate of drug-likeness (QED) is 0.607. The van der Waals surface area contributed by atoms with Crippen LogP contribution in [0.3, 0.4) is 0 Å². The van der Waals surface area contributed by atoms with Gasteiger partial charge < -0.3 is 18.9 Å². The van der Waals surface area contributed by atoms with E-state index < -0.39 is 0 Å². The molecule has 1 fully saturated rings. The topological polar surface area (TPSA) is 73.7 Å². The van der Waals surface area contributed by atoms with Gasteiger partial charge in [0.15, 0.2) is 11.5 Å². The van der Waals surface area contributed by atoms with Crippen molar-refractivity contribution in [1.82, 2.24) is 14.5 Å². The number of aromatic nitrogens is 2. The molecular weight excluding hydrogens is 406 g/mol. The lowest BCUT2D eigenvalue weighted by Gasteiger charge is -2.29. The molecule has 0 saturated heterocycles. The van der Waals surface area contributed by atoms with E-state index in [1.807, 2.05) is 47.6 Å². The lowest BCUT2D eigenvalue weighted by molar-refractivity contribution is 0.0662. The average molecular weight is 434 g/mol. The van der Waals surface area contributed by atoms with E-state index in [0.717, 1.165) is 42.7 Å². The van der Waals surface area contributed by atoms with Crippen molar-refractivity contribution in [1.29, 1.82) is 0 Å². The Morgan fingerprint density at radius 3 is 2.72 bits per heavy atom. The normalized spacial score (nSPS) is 15.4. The van der Waals surface area contributed by atoms with E-state index in [9.17, 15) is 9.59 Å². The summed E-state index contributed by atoms with van der Waals surface area (Å²) in [4.78, 5) is 33.6. The lowest BCUT2D eigenvalue weighted by Crippen LogP contribution is -2.40. The van der Waals surface area contributed by atoms with Gasteiger partial charge >= 0.3 is 0 Å². The monoisotopic (exact) mass is 433 g/mol. The van der Waals surface area contributed by atoms with Gasteiger partial charge in [0.2, 0.25) is 12.2 Å². The van der Waals surface area contributed by atoms with Crippen LogP contribution in [0, 0.1) is 6.92 Å². The van der Waals surface area contributed by atoms with Crippen molar-refractivity contribution in [2.45, 2.75) is 58.7 Å². The number of amides is 1. The number of rotatable bonds is 5. The zero-order chi connectivity index (χ0) is 22.2. The molecule has 2 aromatic heterocycles. The van der Waals surface area contributed by atoms with Crippen LogP contribution in [0.25, 0.3) is 11.0 Å². The van der Waals surface area contributed by atoms with Crippen LogP contribution in [0.2, 0.25) is 0 Å². The Bertz CT molecular complexity index is 1240. The third-order valence-electron chi connectivity index (χ3n) is 6.45. The standard InChI is InChI=1S/C25H27N3O4/c1-3-27-14-20(23(29)19-10-8-16(2)26-24(19)27)25(30)28(18-6-4-5-7-18)13-17-9-11-21-22(12-17)32-15-31-21/h8-12,14,18H,3-7,13,15H2,1-2H3. The van der Waals surface area contributed by atoms with Crippen LogP contribution in [0.1, 0.15) is 54.2 Å². The van der Waals surface area contributed by atoms with E-state index in [1.54, 1.807) is 12.3 Å². The Kier molecular flexibility index (Phi) is 5.33. The maximum Gasteiger partial charge on any atom is 0.259 e. The zero-order valence-corrected chi connectivity index (χ0v) is 18.5. The van der Waals surface area contributed by atoms with Gasteiger partial charge in [-0.1, -0.05) is 18.9 Å². The summed E-state index contributed by atoms with van der Waals surface area (Å²) >= 11 is 0. The van der Waals surface area contributed by atoms with Gasteiger partial charge in [0.1, 0.15) is 11.2 Å². The minimum absolute atomic E-state index is 0.120. The molecule has 7 nitrogen and oxygen atoms in total. The Labute approximate surface area is 186 Å². The largest absolute Gasteiger partial charge is 0.454 e. The predicted octanol–water partition coefficient (Wildman–Crippen LogP) is 4.04. The fraction of sp³-hybridized carbons (Fsp3) is 0.400. The second kappa shape index (κ2) is 8.30. The zero-order valence-electron chi connectivity index (χ0n) is 18.5. The van der Waals surface area contributed by atoms with Crippen LogP contribution in [0.5, 0.6) is 11.5 Å². The van der Waals surface area contributed by atoms with Gasteiger partial charge in [0, 0.05) is 31.0 Å². The SMILES string of the molecule is CCn1cc(C(=O)N(Cc2ccc3c(c2)OCO3)C2CCCC2)c(=O)c2ccc(C)nc21. The number of benzene rings is 1. The van der Waals surface area contributed by atoms with Gasteiger partial charge in [-0.2, -0.15) is 0 Å². The van der Waals surface area contributed by atoms with Crippen molar-refractivity contribution in [2.24, 2.45) is 0 Å². The number of hydrogen-bond donors (Lipinski definition) is 0. The molecule has 1 amide bonds. The molecule has 0 bridgehead atoms. The van der Waals surface area contributed by atoms with Crippen molar-refractivity contribution in [3.63, 3.8) is 0 Å². The van der Waals surface area contributed by atoms with Crippen molar-refractivity contribution >= 4 is 16.9 Å². The molecule has 166 valence electrons. The Morgan fingerprint density at radius 1 is 1.16 bits per heavy atom. The van der Waals surface area contributed by atoms with Crippen LogP contribution >= 0.6 is 0 Å². The lowest BCUT2D eigenvalue weighted by atomic mass is 10.1. The van der Waals surface area contributed by atoms with E-state index >= 15 is 0 Å². The first-order valence-corrected chi connectivity index (χ1v) is 11.3. The van der Waals surface area contributed by atoms with Crippen molar-refractivity contribution in [2.75, 3.05) is 6.79 Å². The molecule has 7 heteroatoms. The Hall–Kier alpha value is -3.35. The first kappa shape index (κ1) is 20.5. The molecule has 3 heterocycles. The maximum absolute atomic E-state index is 13.8. The van der Waals surface area contributed by atoms with Gasteiger partial charge in [0.25, 0.3) is 5.91 Å². The summed E-state index contributed by atoms with van der Waals surface area (Å²) in [5.74, 6) is 1.20. The first-order chi connectivity index (χ1) is 15.5. The molecular formula is C25H27N3O4. The van der Waals surface area contributed by atoms with Crippen LogP contribution in [-0.4, -0.2) is 33.2 Å². The molecule has 1 saturated carbocycles. The molecule has 1 aliphatic heterocycles. The molecule has 0 unspecified atom stereocenters. The molecule has 2 aliphatic rings. The predicted molar refractivity (Wildman–Crippen MR) is 121 cm³/mol. The number of nitrogens with zero attached hydrogens (tertiary/aromatic N) is 3. The van der Waals surface area contributed by atoms with Crippen LogP contribution in [0.15, 0.2) is 41.3 Å². The smallest absolute Gasteiger partial charge is 0.259 e. The van der Waals surface area contributed by atoms with E-state index in [4.69, 9.17) is 9.47 Å². The van der Waals surface area contributed by atoms with E-state index in [2.05, 4.69) is 4.98 Å². The van der Waals surface area contributed by atoms with Gasteiger partial charge in [-0.25, -0.2) is 4.98 Å². The van der Waals surface area contributed by atoms with Gasteiger partial charge in [-0.3, -0.25) is 9.59 Å². The minimum Gasteiger partial charge on any atom is -0.454 e. The van der Waals surface area contributed by atoms with E-state index in [1.165, 1.54) is 0 Å². The highest BCUT2D eigenvalue weighted by Crippen LogP contribution is 2.34. The molecule has 32 heavy (non-hydrogen) atoms. The third-order valence-corrected chi connectivity index (χ3v) is 6.45. The summed E-state index contributed by atoms with van der Waals surface area (Å²) in [7, 11) is 0. The third kappa shape index (κ3) is 3.61. The summed E-state index contributed by atoms with van der Waals surface area (Å²) in [6.07, 6.45) is 5.77. The Morgan fingerprint density at radius 2 is 1.94 bits per heavy atom. The highest BCUT2D eigenvalue weighted by molar-refractivity contribution is 5.97. The average Bonchev–Trinajstić information content (AvgIpc) is 3.49. The fourth-order valence-electron chi connectivity index (χ4n) is 4.73. The summed E-state index contributed by atoms with van der Waals surface area (Å²) in [6.45, 7) is 5.15. The number of carbonyl (C=O) groups is 1. The Balaban J connectivity index is 1.55. The van der Waals surface area contributed by atoms with Gasteiger partial charge in [-0.15, -0.1) is 0 Å². The fourth-order valence-corrected chi connectivity index (χ4v) is 4.73. The molecule has 1 aliphatic carbocycles. The second-order valence-corrected chi connectivity index (χ2v) is 8.54. The highest BCUT2D eigenvalue weighted by Gasteiger charge is 2.30. The van der Waals surface area contributed by atoms with Gasteiger partial charge in [-0.05, 0) is 56.5 Å².